The van der Waals surface area contributed by atoms with Gasteiger partial charge in [0.25, 0.3) is 5.91 Å². The molecule has 1 N–H and O–H groups in total. The molecule has 0 aliphatic rings. The van der Waals surface area contributed by atoms with E-state index >= 15 is 0 Å². The predicted octanol–water partition coefficient (Wildman–Crippen LogP) is 5.53. The maximum atomic E-state index is 12.9. The van der Waals surface area contributed by atoms with Crippen molar-refractivity contribution < 1.29 is 4.79 Å². The molecule has 4 heteroatoms. The van der Waals surface area contributed by atoms with Crippen LogP contribution in [0.2, 0.25) is 0 Å². The molecule has 0 saturated heterocycles. The zero-order valence-electron chi connectivity index (χ0n) is 16.9. The van der Waals surface area contributed by atoms with Gasteiger partial charge in [-0.05, 0) is 35.6 Å². The number of pyridine rings is 1. The van der Waals surface area contributed by atoms with Gasteiger partial charge in [0.1, 0.15) is 0 Å². The summed E-state index contributed by atoms with van der Waals surface area (Å²) in [6.45, 7) is 7.00. The number of benzene rings is 2. The highest BCUT2D eigenvalue weighted by atomic mass is 16.2. The average molecular weight is 374 g/mol. The molecule has 2 aromatic carbocycles. The monoisotopic (exact) mass is 373 g/mol. The van der Waals surface area contributed by atoms with E-state index in [2.05, 4.69) is 49.3 Å². The molecule has 144 valence electrons. The molecule has 1 amide bonds. The number of aromatic nitrogens is 1. The second-order valence-electron chi connectivity index (χ2n) is 7.43. The molecule has 0 atom stereocenters. The van der Waals surface area contributed by atoms with Gasteiger partial charge in [0.15, 0.2) is 0 Å². The number of amides is 1. The number of nitrogens with one attached hydrogen (secondary N) is 1. The molecule has 4 nitrogen and oxygen atoms in total. The molecule has 1 heterocycles. The van der Waals surface area contributed by atoms with Crippen molar-refractivity contribution >= 4 is 17.3 Å². The van der Waals surface area contributed by atoms with Crippen LogP contribution >= 0.6 is 0 Å². The van der Waals surface area contributed by atoms with E-state index in [9.17, 15) is 4.79 Å². The van der Waals surface area contributed by atoms with Crippen molar-refractivity contribution in [2.45, 2.75) is 33.2 Å². The van der Waals surface area contributed by atoms with Gasteiger partial charge >= 0.3 is 0 Å². The number of hydrogen-bond acceptors (Lipinski definition) is 3. The first kappa shape index (κ1) is 19.6. The van der Waals surface area contributed by atoms with Gasteiger partial charge in [-0.3, -0.25) is 9.78 Å². The van der Waals surface area contributed by atoms with Gasteiger partial charge < -0.3 is 10.2 Å². The maximum absolute atomic E-state index is 12.9. The van der Waals surface area contributed by atoms with Crippen LogP contribution in [0, 0.1) is 6.92 Å². The van der Waals surface area contributed by atoms with Gasteiger partial charge in [0.2, 0.25) is 0 Å². The summed E-state index contributed by atoms with van der Waals surface area (Å²) in [4.78, 5) is 18.9. The standard InChI is InChI=1S/C24H27N3O/c1-17(2)22-12-8-9-18(3)23(22)26-21-13-20(14-25-15-21)24(28)27(4)16-19-10-6-5-7-11-19/h5-15,17,26H,16H2,1-4H3. The van der Waals surface area contributed by atoms with Crippen LogP contribution in [0.4, 0.5) is 11.4 Å². The van der Waals surface area contributed by atoms with Crippen molar-refractivity contribution in [3.63, 3.8) is 0 Å². The summed E-state index contributed by atoms with van der Waals surface area (Å²) in [6.07, 6.45) is 3.38. The lowest BCUT2D eigenvalue weighted by Crippen LogP contribution is -2.26. The highest BCUT2D eigenvalue weighted by Crippen LogP contribution is 2.30. The summed E-state index contributed by atoms with van der Waals surface area (Å²) in [5, 5.41) is 3.47. The lowest BCUT2D eigenvalue weighted by atomic mass is 9.98. The van der Waals surface area contributed by atoms with Crippen LogP contribution in [0.1, 0.15) is 46.8 Å². The van der Waals surface area contributed by atoms with Gasteiger partial charge in [-0.2, -0.15) is 0 Å². The topological polar surface area (TPSA) is 45.2 Å². The number of carbonyl (C=O) groups is 1. The Balaban J connectivity index is 1.80. The first-order chi connectivity index (χ1) is 13.5. The molecule has 3 rings (SSSR count). The number of rotatable bonds is 6. The van der Waals surface area contributed by atoms with Crippen molar-refractivity contribution in [2.75, 3.05) is 12.4 Å². The second-order valence-corrected chi connectivity index (χ2v) is 7.43. The first-order valence-corrected chi connectivity index (χ1v) is 9.56. The van der Waals surface area contributed by atoms with E-state index < -0.39 is 0 Å². The molecule has 3 aromatic rings. The number of para-hydroxylation sites is 1. The Morgan fingerprint density at radius 3 is 2.54 bits per heavy atom. The van der Waals surface area contributed by atoms with E-state index in [4.69, 9.17) is 0 Å². The summed E-state index contributed by atoms with van der Waals surface area (Å²) < 4.78 is 0. The van der Waals surface area contributed by atoms with E-state index in [1.165, 1.54) is 11.1 Å². The minimum Gasteiger partial charge on any atom is -0.354 e. The number of aryl methyl sites for hydroxylation is 1. The highest BCUT2D eigenvalue weighted by Gasteiger charge is 2.14. The van der Waals surface area contributed by atoms with Crippen LogP contribution in [0.25, 0.3) is 0 Å². The second kappa shape index (κ2) is 8.70. The van der Waals surface area contributed by atoms with Gasteiger partial charge in [-0.1, -0.05) is 62.4 Å². The number of carbonyl (C=O) groups excluding carboxylic acids is 1. The molecule has 0 spiro atoms. The Morgan fingerprint density at radius 1 is 1.07 bits per heavy atom. The summed E-state index contributed by atoms with van der Waals surface area (Å²) >= 11 is 0. The lowest BCUT2D eigenvalue weighted by Gasteiger charge is -2.19. The van der Waals surface area contributed by atoms with Crippen LogP contribution in [0.5, 0.6) is 0 Å². The zero-order chi connectivity index (χ0) is 20.1. The molecule has 28 heavy (non-hydrogen) atoms. The SMILES string of the molecule is Cc1cccc(C(C)C)c1Nc1cncc(C(=O)N(C)Cc2ccccc2)c1. The van der Waals surface area contributed by atoms with E-state index in [1.807, 2.05) is 43.4 Å². The third kappa shape index (κ3) is 4.58. The zero-order valence-corrected chi connectivity index (χ0v) is 16.9. The van der Waals surface area contributed by atoms with Crippen molar-refractivity contribution in [1.29, 1.82) is 0 Å². The fourth-order valence-electron chi connectivity index (χ4n) is 3.26. The molecule has 0 unspecified atom stereocenters. The van der Waals surface area contributed by atoms with E-state index in [0.29, 0.717) is 18.0 Å². The molecule has 0 aliphatic carbocycles. The van der Waals surface area contributed by atoms with Crippen LogP contribution in [0.3, 0.4) is 0 Å². The fourth-order valence-corrected chi connectivity index (χ4v) is 3.26. The maximum Gasteiger partial charge on any atom is 0.255 e. The van der Waals surface area contributed by atoms with Crippen molar-refractivity contribution in [1.82, 2.24) is 9.88 Å². The Kier molecular flexibility index (Phi) is 6.09. The molecule has 0 aliphatic heterocycles. The largest absolute Gasteiger partial charge is 0.354 e. The van der Waals surface area contributed by atoms with Crippen LogP contribution in [0.15, 0.2) is 67.0 Å². The number of hydrogen-bond donors (Lipinski definition) is 1. The van der Waals surface area contributed by atoms with Crippen LogP contribution in [-0.2, 0) is 6.54 Å². The van der Waals surface area contributed by atoms with Crippen molar-refractivity contribution in [3.05, 3.63) is 89.2 Å². The van der Waals surface area contributed by atoms with Gasteiger partial charge in [-0.15, -0.1) is 0 Å². The van der Waals surface area contributed by atoms with Gasteiger partial charge in [0.05, 0.1) is 17.4 Å². The summed E-state index contributed by atoms with van der Waals surface area (Å²) in [7, 11) is 1.81. The molecule has 0 fully saturated rings. The van der Waals surface area contributed by atoms with Crippen LogP contribution in [-0.4, -0.2) is 22.8 Å². The summed E-state index contributed by atoms with van der Waals surface area (Å²) in [6, 6.07) is 18.1. The third-order valence-electron chi connectivity index (χ3n) is 4.79. The molecule has 0 radical (unpaired) electrons. The smallest absolute Gasteiger partial charge is 0.255 e. The number of anilines is 2. The minimum absolute atomic E-state index is 0.0473. The molecular formula is C24H27N3O. The van der Waals surface area contributed by atoms with Crippen molar-refractivity contribution in [2.24, 2.45) is 0 Å². The Hall–Kier alpha value is -3.14. The van der Waals surface area contributed by atoms with E-state index in [-0.39, 0.29) is 5.91 Å². The summed E-state index contributed by atoms with van der Waals surface area (Å²) in [5.41, 5.74) is 5.99. The normalized spacial score (nSPS) is 10.8. The quantitative estimate of drug-likeness (QED) is 0.618. The van der Waals surface area contributed by atoms with Crippen molar-refractivity contribution in [3.8, 4) is 0 Å². The molecule has 0 saturated carbocycles. The van der Waals surface area contributed by atoms with E-state index in [0.717, 1.165) is 16.9 Å². The van der Waals surface area contributed by atoms with Gasteiger partial charge in [0, 0.05) is 25.5 Å². The predicted molar refractivity (Wildman–Crippen MR) is 115 cm³/mol. The minimum atomic E-state index is -0.0473. The van der Waals surface area contributed by atoms with Crippen LogP contribution < -0.4 is 5.32 Å². The fraction of sp³-hybridized carbons (Fsp3) is 0.250. The molecular weight excluding hydrogens is 346 g/mol. The lowest BCUT2D eigenvalue weighted by molar-refractivity contribution is 0.0784. The third-order valence-corrected chi connectivity index (χ3v) is 4.79. The molecule has 1 aromatic heterocycles. The van der Waals surface area contributed by atoms with E-state index in [1.54, 1.807) is 17.3 Å². The Morgan fingerprint density at radius 2 is 1.82 bits per heavy atom. The highest BCUT2D eigenvalue weighted by molar-refractivity contribution is 5.94. The number of nitrogens with zero attached hydrogens (tertiary/aromatic N) is 2. The Labute approximate surface area is 167 Å². The average Bonchev–Trinajstić information content (AvgIpc) is 2.69. The summed E-state index contributed by atoms with van der Waals surface area (Å²) in [5.74, 6) is 0.353. The Bertz CT molecular complexity index is 951. The first-order valence-electron chi connectivity index (χ1n) is 9.56. The molecule has 0 bridgehead atoms. The van der Waals surface area contributed by atoms with Gasteiger partial charge in [-0.25, -0.2) is 0 Å².